The summed E-state index contributed by atoms with van der Waals surface area (Å²) in [4.78, 5) is 14.9. The van der Waals surface area contributed by atoms with Crippen LogP contribution in [0.1, 0.15) is 0 Å². The molecule has 3 heterocycles. The first kappa shape index (κ1) is 25.7. The molecule has 0 unspecified atom stereocenters. The van der Waals surface area contributed by atoms with Crippen LogP contribution >= 0.6 is 11.6 Å². The van der Waals surface area contributed by atoms with Crippen LogP contribution in [0.3, 0.4) is 0 Å². The molecule has 0 aliphatic rings. The lowest BCUT2D eigenvalue weighted by Crippen LogP contribution is -2.00. The van der Waals surface area contributed by atoms with E-state index < -0.39 is 0 Å². The molecule has 6 heteroatoms. The summed E-state index contributed by atoms with van der Waals surface area (Å²) in [5, 5.41) is 4.82. The average Bonchev–Trinajstić information content (AvgIpc) is 3.67. The summed E-state index contributed by atoms with van der Waals surface area (Å²) in [7, 11) is 0. The fourth-order valence-electron chi connectivity index (χ4n) is 6.09. The molecule has 9 aromatic rings. The highest BCUT2D eigenvalue weighted by atomic mass is 35.5. The minimum absolute atomic E-state index is 0.547. The molecule has 9 rings (SSSR count). The van der Waals surface area contributed by atoms with Crippen molar-refractivity contribution in [3.8, 4) is 45.3 Å². The summed E-state index contributed by atoms with van der Waals surface area (Å²) in [6, 6.07) is 44.1. The first-order chi connectivity index (χ1) is 22.2. The smallest absolute Gasteiger partial charge is 0.164 e. The van der Waals surface area contributed by atoms with Gasteiger partial charge >= 0.3 is 0 Å². The van der Waals surface area contributed by atoms with Crippen molar-refractivity contribution in [1.82, 2.24) is 15.0 Å². The zero-order valence-corrected chi connectivity index (χ0v) is 24.5. The third-order valence-corrected chi connectivity index (χ3v) is 8.55. The Bertz CT molecular complexity index is 2570. The Labute approximate surface area is 262 Å². The molecule has 3 aromatic heterocycles. The molecule has 0 N–H and O–H groups in total. The molecule has 0 aliphatic carbocycles. The van der Waals surface area contributed by atoms with Crippen molar-refractivity contribution in [2.75, 3.05) is 0 Å². The molecule has 0 fully saturated rings. The van der Waals surface area contributed by atoms with Crippen LogP contribution in [-0.4, -0.2) is 15.0 Å². The van der Waals surface area contributed by atoms with Gasteiger partial charge in [0.25, 0.3) is 0 Å². The number of rotatable bonds is 4. The Balaban J connectivity index is 1.24. The van der Waals surface area contributed by atoms with Crippen molar-refractivity contribution in [3.63, 3.8) is 0 Å². The predicted molar refractivity (Wildman–Crippen MR) is 181 cm³/mol. The van der Waals surface area contributed by atoms with E-state index in [1.54, 1.807) is 0 Å². The average molecular weight is 600 g/mol. The third kappa shape index (κ3) is 4.28. The molecule has 212 valence electrons. The van der Waals surface area contributed by atoms with Gasteiger partial charge in [0.05, 0.1) is 0 Å². The van der Waals surface area contributed by atoms with Crippen LogP contribution in [0, 0.1) is 0 Å². The van der Waals surface area contributed by atoms with Gasteiger partial charge in [0.2, 0.25) is 0 Å². The van der Waals surface area contributed by atoms with Crippen LogP contribution in [0.25, 0.3) is 89.2 Å². The van der Waals surface area contributed by atoms with Gasteiger partial charge in [-0.05, 0) is 54.1 Å². The van der Waals surface area contributed by atoms with E-state index in [1.807, 2.05) is 103 Å². The van der Waals surface area contributed by atoms with Crippen molar-refractivity contribution < 1.29 is 8.83 Å². The van der Waals surface area contributed by atoms with Crippen LogP contribution < -0.4 is 0 Å². The van der Waals surface area contributed by atoms with Crippen molar-refractivity contribution >= 4 is 55.5 Å². The van der Waals surface area contributed by atoms with Gasteiger partial charge < -0.3 is 8.83 Å². The SMILES string of the molecule is Clc1ccc(-c2nc(-c3ccccc3)nc(-c3ccc4c(c3)oc3ccccc34)n2)cc1-c1cccc2oc3ccccc3c12. The zero-order valence-electron chi connectivity index (χ0n) is 23.7. The zero-order chi connectivity index (χ0) is 29.9. The molecule has 0 radical (unpaired) electrons. The molecule has 0 amide bonds. The maximum atomic E-state index is 6.89. The highest BCUT2D eigenvalue weighted by Gasteiger charge is 2.18. The summed E-state index contributed by atoms with van der Waals surface area (Å²) >= 11 is 6.89. The number of halogens is 1. The van der Waals surface area contributed by atoms with Crippen molar-refractivity contribution in [1.29, 1.82) is 0 Å². The quantitative estimate of drug-likeness (QED) is 0.201. The molecule has 0 saturated carbocycles. The number of hydrogen-bond acceptors (Lipinski definition) is 5. The monoisotopic (exact) mass is 599 g/mol. The third-order valence-electron chi connectivity index (χ3n) is 8.22. The van der Waals surface area contributed by atoms with E-state index in [0.29, 0.717) is 22.5 Å². The lowest BCUT2D eigenvalue weighted by Gasteiger charge is -2.11. The second-order valence-corrected chi connectivity index (χ2v) is 11.4. The van der Waals surface area contributed by atoms with Gasteiger partial charge in [-0.15, -0.1) is 0 Å². The van der Waals surface area contributed by atoms with Crippen molar-refractivity contribution in [2.24, 2.45) is 0 Å². The largest absolute Gasteiger partial charge is 0.456 e. The summed E-state index contributed by atoms with van der Waals surface area (Å²) in [6.45, 7) is 0. The molecule has 0 aliphatic heterocycles. The van der Waals surface area contributed by atoms with Gasteiger partial charge in [-0.1, -0.05) is 96.5 Å². The normalized spacial score (nSPS) is 11.7. The molecule has 0 spiro atoms. The van der Waals surface area contributed by atoms with E-state index in [9.17, 15) is 0 Å². The molecule has 45 heavy (non-hydrogen) atoms. The van der Waals surface area contributed by atoms with Crippen LogP contribution in [0.15, 0.2) is 142 Å². The van der Waals surface area contributed by atoms with Gasteiger partial charge in [-0.2, -0.15) is 0 Å². The maximum Gasteiger partial charge on any atom is 0.164 e. The summed E-state index contributed by atoms with van der Waals surface area (Å²) < 4.78 is 12.4. The van der Waals surface area contributed by atoms with E-state index in [4.69, 9.17) is 35.4 Å². The number of hydrogen-bond donors (Lipinski definition) is 0. The van der Waals surface area contributed by atoms with Gasteiger partial charge in [-0.25, -0.2) is 15.0 Å². The van der Waals surface area contributed by atoms with E-state index in [-0.39, 0.29) is 0 Å². The Hall–Kier alpha value is -5.78. The lowest BCUT2D eigenvalue weighted by atomic mass is 9.97. The van der Waals surface area contributed by atoms with E-state index >= 15 is 0 Å². The van der Waals surface area contributed by atoms with Gasteiger partial charge in [0, 0.05) is 48.8 Å². The number of nitrogens with zero attached hydrogens (tertiary/aromatic N) is 3. The molecular weight excluding hydrogens is 578 g/mol. The minimum atomic E-state index is 0.547. The van der Waals surface area contributed by atoms with Gasteiger partial charge in [0.1, 0.15) is 22.3 Å². The standard InChI is InChI=1S/C39H22ClN3O2/c40-31-20-18-24(21-30(31)28-13-8-16-34-36(28)29-12-5-7-15-33(29)44-34)38-41-37(23-9-2-1-3-10-23)42-39(43-38)25-17-19-27-26-11-4-6-14-32(26)45-35(27)22-25/h1-22H. The molecule has 5 nitrogen and oxygen atoms in total. The number of benzene rings is 6. The number of fused-ring (bicyclic) bond motifs is 6. The second-order valence-electron chi connectivity index (χ2n) is 11.0. The van der Waals surface area contributed by atoms with Crippen molar-refractivity contribution in [3.05, 3.63) is 138 Å². The Morgan fingerprint density at radius 2 is 0.978 bits per heavy atom. The number of para-hydroxylation sites is 2. The summed E-state index contributed by atoms with van der Waals surface area (Å²) in [5.74, 6) is 1.69. The van der Waals surface area contributed by atoms with Crippen molar-refractivity contribution in [2.45, 2.75) is 0 Å². The summed E-state index contributed by atoms with van der Waals surface area (Å²) in [5.41, 5.74) is 7.70. The summed E-state index contributed by atoms with van der Waals surface area (Å²) in [6.07, 6.45) is 0. The number of aromatic nitrogens is 3. The van der Waals surface area contributed by atoms with E-state index in [1.165, 1.54) is 0 Å². The molecule has 0 atom stereocenters. The van der Waals surface area contributed by atoms with E-state index in [2.05, 4.69) is 30.3 Å². The Kier molecular flexibility index (Phi) is 5.80. The Morgan fingerprint density at radius 3 is 1.78 bits per heavy atom. The second kappa shape index (κ2) is 10.2. The molecule has 0 saturated heterocycles. The number of furan rings is 2. The molecular formula is C39H22ClN3O2. The molecule has 0 bridgehead atoms. The van der Waals surface area contributed by atoms with Crippen LogP contribution in [-0.2, 0) is 0 Å². The first-order valence-corrected chi connectivity index (χ1v) is 15.0. The topological polar surface area (TPSA) is 65.0 Å². The highest BCUT2D eigenvalue weighted by molar-refractivity contribution is 6.34. The minimum Gasteiger partial charge on any atom is -0.456 e. The fraction of sp³-hybridized carbons (Fsp3) is 0. The predicted octanol–water partition coefficient (Wildman–Crippen LogP) is 11.0. The molecule has 6 aromatic carbocycles. The fourth-order valence-corrected chi connectivity index (χ4v) is 6.30. The first-order valence-electron chi connectivity index (χ1n) is 14.6. The highest BCUT2D eigenvalue weighted by Crippen LogP contribution is 2.41. The van der Waals surface area contributed by atoms with E-state index in [0.717, 1.165) is 71.7 Å². The van der Waals surface area contributed by atoms with Crippen LogP contribution in [0.4, 0.5) is 0 Å². The van der Waals surface area contributed by atoms with Crippen LogP contribution in [0.5, 0.6) is 0 Å². The van der Waals surface area contributed by atoms with Gasteiger partial charge in [-0.3, -0.25) is 0 Å². The van der Waals surface area contributed by atoms with Gasteiger partial charge in [0.15, 0.2) is 17.5 Å². The lowest BCUT2D eigenvalue weighted by molar-refractivity contribution is 0.668. The van der Waals surface area contributed by atoms with Crippen LogP contribution in [0.2, 0.25) is 5.02 Å². The Morgan fingerprint density at radius 1 is 0.400 bits per heavy atom. The maximum absolute atomic E-state index is 6.89.